The van der Waals surface area contributed by atoms with Crippen molar-refractivity contribution in [1.29, 1.82) is 0 Å². The van der Waals surface area contributed by atoms with E-state index in [4.69, 9.17) is 34.8 Å². The van der Waals surface area contributed by atoms with Gasteiger partial charge in [0.2, 0.25) is 11.8 Å². The molecule has 132 valence electrons. The summed E-state index contributed by atoms with van der Waals surface area (Å²) < 4.78 is 0. The highest BCUT2D eigenvalue weighted by Gasteiger charge is 2.16. The monoisotopic (exact) mass is 398 g/mol. The Hall–Kier alpha value is -1.75. The van der Waals surface area contributed by atoms with Gasteiger partial charge in [-0.1, -0.05) is 53.0 Å². The number of carbonyl (C=O) groups is 2. The first-order valence-electron chi connectivity index (χ1n) is 7.61. The summed E-state index contributed by atoms with van der Waals surface area (Å²) >= 11 is 18.2. The van der Waals surface area contributed by atoms with Crippen LogP contribution >= 0.6 is 34.8 Å². The first-order valence-corrected chi connectivity index (χ1v) is 8.75. The number of halogens is 3. The van der Waals surface area contributed by atoms with Crippen LogP contribution in [0.4, 0.5) is 5.69 Å². The summed E-state index contributed by atoms with van der Waals surface area (Å²) in [6, 6.07) is 12.2. The molecule has 7 heteroatoms. The van der Waals surface area contributed by atoms with Gasteiger partial charge >= 0.3 is 0 Å². The van der Waals surface area contributed by atoms with E-state index in [2.05, 4.69) is 5.32 Å². The van der Waals surface area contributed by atoms with E-state index in [0.717, 1.165) is 5.56 Å². The van der Waals surface area contributed by atoms with Crippen molar-refractivity contribution < 1.29 is 9.59 Å². The standard InChI is InChI=1S/C18H17Cl3N2O2/c1-12(24)23(17-10-14(19)6-7-16(17)21)9-8-18(25)22-11-13-4-2-3-5-15(13)20/h2-7,10H,8-9,11H2,1H3,(H,22,25). The van der Waals surface area contributed by atoms with Crippen molar-refractivity contribution in [3.63, 3.8) is 0 Å². The lowest BCUT2D eigenvalue weighted by atomic mass is 10.2. The van der Waals surface area contributed by atoms with Crippen molar-refractivity contribution in [1.82, 2.24) is 5.32 Å². The lowest BCUT2D eigenvalue weighted by Gasteiger charge is -2.22. The molecule has 0 unspecified atom stereocenters. The summed E-state index contributed by atoms with van der Waals surface area (Å²) in [4.78, 5) is 25.4. The summed E-state index contributed by atoms with van der Waals surface area (Å²) in [5, 5.41) is 4.25. The van der Waals surface area contributed by atoms with E-state index in [-0.39, 0.29) is 24.8 Å². The quantitative estimate of drug-likeness (QED) is 0.765. The Labute approximate surface area is 161 Å². The van der Waals surface area contributed by atoms with Crippen LogP contribution < -0.4 is 10.2 Å². The van der Waals surface area contributed by atoms with Crippen LogP contribution in [0.2, 0.25) is 15.1 Å². The van der Waals surface area contributed by atoms with E-state index in [1.165, 1.54) is 11.8 Å². The van der Waals surface area contributed by atoms with Crippen molar-refractivity contribution in [3.05, 3.63) is 63.1 Å². The van der Waals surface area contributed by atoms with E-state index < -0.39 is 0 Å². The predicted molar refractivity (Wildman–Crippen MR) is 102 cm³/mol. The topological polar surface area (TPSA) is 49.4 Å². The zero-order chi connectivity index (χ0) is 18.4. The molecule has 0 aliphatic carbocycles. The third-order valence-electron chi connectivity index (χ3n) is 3.58. The number of hydrogen-bond donors (Lipinski definition) is 1. The second-order valence-electron chi connectivity index (χ2n) is 5.38. The zero-order valence-electron chi connectivity index (χ0n) is 13.6. The summed E-state index contributed by atoms with van der Waals surface area (Å²) in [5.41, 5.74) is 1.32. The molecule has 0 spiro atoms. The van der Waals surface area contributed by atoms with Gasteiger partial charge in [-0.05, 0) is 29.8 Å². The number of amides is 2. The van der Waals surface area contributed by atoms with Gasteiger partial charge in [-0.25, -0.2) is 0 Å². The van der Waals surface area contributed by atoms with Crippen LogP contribution in [0, 0.1) is 0 Å². The molecule has 25 heavy (non-hydrogen) atoms. The average Bonchev–Trinajstić information content (AvgIpc) is 2.57. The smallest absolute Gasteiger partial charge is 0.223 e. The van der Waals surface area contributed by atoms with Gasteiger partial charge in [0.15, 0.2) is 0 Å². The molecule has 2 aromatic carbocycles. The predicted octanol–water partition coefficient (Wildman–Crippen LogP) is 4.71. The minimum absolute atomic E-state index is 0.132. The molecule has 0 radical (unpaired) electrons. The summed E-state index contributed by atoms with van der Waals surface area (Å²) in [7, 11) is 0. The molecule has 0 atom stereocenters. The highest BCUT2D eigenvalue weighted by Crippen LogP contribution is 2.29. The Kier molecular flexibility index (Phi) is 7.12. The van der Waals surface area contributed by atoms with Gasteiger partial charge in [-0.3, -0.25) is 9.59 Å². The molecule has 2 rings (SSSR count). The van der Waals surface area contributed by atoms with Crippen molar-refractivity contribution >= 4 is 52.3 Å². The first kappa shape index (κ1) is 19.6. The maximum absolute atomic E-state index is 12.1. The fourth-order valence-corrected chi connectivity index (χ4v) is 2.87. The van der Waals surface area contributed by atoms with Crippen LogP contribution in [0.15, 0.2) is 42.5 Å². The summed E-state index contributed by atoms with van der Waals surface area (Å²) in [6.07, 6.45) is 0.132. The largest absolute Gasteiger partial charge is 0.352 e. The minimum atomic E-state index is -0.219. The van der Waals surface area contributed by atoms with Gasteiger partial charge < -0.3 is 10.2 Å². The van der Waals surface area contributed by atoms with Gasteiger partial charge in [-0.15, -0.1) is 0 Å². The van der Waals surface area contributed by atoms with Crippen LogP contribution in [0.1, 0.15) is 18.9 Å². The number of nitrogens with zero attached hydrogens (tertiary/aromatic N) is 1. The maximum atomic E-state index is 12.1. The van der Waals surface area contributed by atoms with E-state index in [0.29, 0.717) is 27.3 Å². The van der Waals surface area contributed by atoms with Gasteiger partial charge in [0, 0.05) is 36.5 Å². The molecular weight excluding hydrogens is 383 g/mol. The number of anilines is 1. The van der Waals surface area contributed by atoms with Crippen LogP contribution in [0.25, 0.3) is 0 Å². The molecule has 0 saturated carbocycles. The van der Waals surface area contributed by atoms with E-state index in [9.17, 15) is 9.59 Å². The fourth-order valence-electron chi connectivity index (χ4n) is 2.28. The molecule has 0 fully saturated rings. The molecule has 0 aliphatic heterocycles. The number of nitrogens with one attached hydrogen (secondary N) is 1. The number of rotatable bonds is 6. The molecule has 0 aromatic heterocycles. The highest BCUT2D eigenvalue weighted by molar-refractivity contribution is 6.35. The maximum Gasteiger partial charge on any atom is 0.223 e. The molecule has 0 saturated heterocycles. The van der Waals surface area contributed by atoms with Crippen LogP contribution in [0.5, 0.6) is 0 Å². The minimum Gasteiger partial charge on any atom is -0.352 e. The van der Waals surface area contributed by atoms with Gasteiger partial charge in [0.05, 0.1) is 10.7 Å². The van der Waals surface area contributed by atoms with E-state index >= 15 is 0 Å². The Balaban J connectivity index is 1.97. The highest BCUT2D eigenvalue weighted by atomic mass is 35.5. The SMILES string of the molecule is CC(=O)N(CCC(=O)NCc1ccccc1Cl)c1cc(Cl)ccc1Cl. The normalized spacial score (nSPS) is 10.4. The van der Waals surface area contributed by atoms with Gasteiger partial charge in [0.25, 0.3) is 0 Å². The van der Waals surface area contributed by atoms with Gasteiger partial charge in [-0.2, -0.15) is 0 Å². The van der Waals surface area contributed by atoms with Crippen LogP contribution in [0.3, 0.4) is 0 Å². The lowest BCUT2D eigenvalue weighted by Crippen LogP contribution is -2.34. The molecular formula is C18H17Cl3N2O2. The summed E-state index contributed by atoms with van der Waals surface area (Å²) in [5.74, 6) is -0.410. The first-order chi connectivity index (χ1) is 11.9. The number of carbonyl (C=O) groups excluding carboxylic acids is 2. The fraction of sp³-hybridized carbons (Fsp3) is 0.222. The van der Waals surface area contributed by atoms with Crippen molar-refractivity contribution in [2.24, 2.45) is 0 Å². The Morgan fingerprint density at radius 1 is 1.04 bits per heavy atom. The van der Waals surface area contributed by atoms with Crippen molar-refractivity contribution in [3.8, 4) is 0 Å². The second-order valence-corrected chi connectivity index (χ2v) is 6.64. The molecule has 1 N–H and O–H groups in total. The van der Waals surface area contributed by atoms with Crippen LogP contribution in [-0.2, 0) is 16.1 Å². The van der Waals surface area contributed by atoms with Gasteiger partial charge in [0.1, 0.15) is 0 Å². The number of benzene rings is 2. The summed E-state index contributed by atoms with van der Waals surface area (Å²) in [6.45, 7) is 1.94. The number of hydrogen-bond acceptors (Lipinski definition) is 2. The van der Waals surface area contributed by atoms with E-state index in [1.54, 1.807) is 24.3 Å². The molecule has 2 amide bonds. The molecule has 0 bridgehead atoms. The molecule has 2 aromatic rings. The van der Waals surface area contributed by atoms with Crippen molar-refractivity contribution in [2.75, 3.05) is 11.4 Å². The average molecular weight is 400 g/mol. The Morgan fingerprint density at radius 2 is 1.76 bits per heavy atom. The van der Waals surface area contributed by atoms with E-state index in [1.807, 2.05) is 18.2 Å². The third-order valence-corrected chi connectivity index (χ3v) is 4.50. The second kappa shape index (κ2) is 9.09. The zero-order valence-corrected chi connectivity index (χ0v) is 15.8. The van der Waals surface area contributed by atoms with Crippen LogP contribution in [-0.4, -0.2) is 18.4 Å². The van der Waals surface area contributed by atoms with Crippen molar-refractivity contribution in [2.45, 2.75) is 19.9 Å². The molecule has 4 nitrogen and oxygen atoms in total. The lowest BCUT2D eigenvalue weighted by molar-refractivity contribution is -0.121. The Morgan fingerprint density at radius 3 is 2.44 bits per heavy atom. The third kappa shape index (κ3) is 5.63. The Bertz CT molecular complexity index is 781. The molecule has 0 heterocycles. The molecule has 0 aliphatic rings.